The van der Waals surface area contributed by atoms with Crippen molar-refractivity contribution < 1.29 is 29.1 Å². The summed E-state index contributed by atoms with van der Waals surface area (Å²) in [6.07, 6.45) is -0.904. The lowest BCUT2D eigenvalue weighted by Gasteiger charge is -2.49. The van der Waals surface area contributed by atoms with Crippen LogP contribution in [-0.2, 0) is 19.2 Å². The lowest BCUT2D eigenvalue weighted by Crippen LogP contribution is -2.71. The number of oxime groups is 1. The van der Waals surface area contributed by atoms with Gasteiger partial charge in [0.25, 0.3) is 11.8 Å². The standard InChI is InChI=1S/C15H16N6O6S2/c1-5-3-28-12-8(11(23)21(12)9(5)13(24)25)19-10(22)7(20-27-15(26)17-2)6-4-29-14(16)18-6/h4,8,12H,3H2,1-2H3,(H2,16,18)(H,17,26)(H,19,22)(H,24,25)/t8?,12-/m0/s1. The lowest BCUT2D eigenvalue weighted by molar-refractivity contribution is -0.150. The zero-order chi connectivity index (χ0) is 21.3. The van der Waals surface area contributed by atoms with E-state index in [1.165, 1.54) is 24.2 Å². The molecular weight excluding hydrogens is 424 g/mol. The minimum Gasteiger partial charge on any atom is -0.477 e. The maximum atomic E-state index is 12.7. The van der Waals surface area contributed by atoms with Gasteiger partial charge in [-0.3, -0.25) is 19.3 Å². The van der Waals surface area contributed by atoms with Crippen molar-refractivity contribution in [3.63, 3.8) is 0 Å². The van der Waals surface area contributed by atoms with Gasteiger partial charge in [0, 0.05) is 18.2 Å². The fraction of sp³-hybridized carbons (Fsp3) is 0.333. The number of nitrogens with zero attached hydrogens (tertiary/aromatic N) is 3. The lowest BCUT2D eigenvalue weighted by atomic mass is 10.0. The predicted molar refractivity (Wildman–Crippen MR) is 104 cm³/mol. The average molecular weight is 440 g/mol. The van der Waals surface area contributed by atoms with Crippen LogP contribution in [0.25, 0.3) is 0 Å². The van der Waals surface area contributed by atoms with Crippen LogP contribution in [0.15, 0.2) is 21.8 Å². The number of nitrogen functional groups attached to an aromatic ring is 1. The molecule has 3 heterocycles. The first kappa shape index (κ1) is 20.6. The summed E-state index contributed by atoms with van der Waals surface area (Å²) in [5, 5.41) is 18.6. The van der Waals surface area contributed by atoms with Crippen LogP contribution < -0.4 is 16.4 Å². The van der Waals surface area contributed by atoms with Gasteiger partial charge in [-0.1, -0.05) is 5.16 Å². The van der Waals surface area contributed by atoms with Crippen LogP contribution in [0.2, 0.25) is 0 Å². The highest BCUT2D eigenvalue weighted by atomic mass is 32.2. The van der Waals surface area contributed by atoms with E-state index in [-0.39, 0.29) is 22.2 Å². The maximum Gasteiger partial charge on any atom is 0.433 e. The Balaban J connectivity index is 1.80. The number of aliphatic carboxylic acids is 1. The van der Waals surface area contributed by atoms with Gasteiger partial charge < -0.3 is 21.5 Å². The fourth-order valence-electron chi connectivity index (χ4n) is 2.72. The molecule has 1 saturated heterocycles. The van der Waals surface area contributed by atoms with Crippen molar-refractivity contribution in [1.29, 1.82) is 0 Å². The quantitative estimate of drug-likeness (QED) is 0.204. The van der Waals surface area contributed by atoms with Gasteiger partial charge in [0.1, 0.15) is 22.8 Å². The molecule has 12 nitrogen and oxygen atoms in total. The van der Waals surface area contributed by atoms with Gasteiger partial charge in [0.15, 0.2) is 10.8 Å². The molecule has 0 radical (unpaired) electrons. The number of carboxylic acids is 1. The van der Waals surface area contributed by atoms with Gasteiger partial charge in [-0.2, -0.15) is 0 Å². The molecule has 154 valence electrons. The highest BCUT2D eigenvalue weighted by Crippen LogP contribution is 2.40. The van der Waals surface area contributed by atoms with Crippen LogP contribution in [0.4, 0.5) is 9.93 Å². The van der Waals surface area contributed by atoms with E-state index in [2.05, 4.69) is 25.6 Å². The monoisotopic (exact) mass is 440 g/mol. The summed E-state index contributed by atoms with van der Waals surface area (Å²) in [7, 11) is 1.32. The molecular formula is C15H16N6O6S2. The van der Waals surface area contributed by atoms with E-state index in [9.17, 15) is 24.3 Å². The van der Waals surface area contributed by atoms with Gasteiger partial charge in [0.2, 0.25) is 0 Å². The largest absolute Gasteiger partial charge is 0.477 e. The van der Waals surface area contributed by atoms with E-state index < -0.39 is 35.3 Å². The Morgan fingerprint density at radius 1 is 1.45 bits per heavy atom. The second kappa shape index (κ2) is 8.08. The molecule has 0 saturated carbocycles. The second-order valence-electron chi connectivity index (χ2n) is 5.93. The summed E-state index contributed by atoms with van der Waals surface area (Å²) in [6.45, 7) is 1.64. The molecule has 3 amide bonds. The molecule has 1 aromatic heterocycles. The van der Waals surface area contributed by atoms with Crippen molar-refractivity contribution in [2.45, 2.75) is 18.3 Å². The number of carbonyl (C=O) groups excluding carboxylic acids is 3. The van der Waals surface area contributed by atoms with Crippen molar-refractivity contribution in [3.8, 4) is 0 Å². The van der Waals surface area contributed by atoms with E-state index >= 15 is 0 Å². The van der Waals surface area contributed by atoms with Crippen LogP contribution in [0, 0.1) is 0 Å². The van der Waals surface area contributed by atoms with Gasteiger partial charge >= 0.3 is 12.1 Å². The Labute approximate surface area is 172 Å². The molecule has 0 bridgehead atoms. The molecule has 2 atom stereocenters. The number of rotatable bonds is 5. The molecule has 2 aliphatic heterocycles. The van der Waals surface area contributed by atoms with E-state index in [0.717, 1.165) is 16.2 Å². The Morgan fingerprint density at radius 2 is 2.17 bits per heavy atom. The minimum atomic E-state index is -1.20. The second-order valence-corrected chi connectivity index (χ2v) is 7.93. The van der Waals surface area contributed by atoms with E-state index in [4.69, 9.17) is 5.73 Å². The van der Waals surface area contributed by atoms with Crippen molar-refractivity contribution >= 4 is 57.8 Å². The minimum absolute atomic E-state index is 0.0656. The molecule has 1 fully saturated rings. The molecule has 14 heteroatoms. The number of thioether (sulfide) groups is 1. The molecule has 0 aromatic carbocycles. The molecule has 2 aliphatic rings. The Kier molecular flexibility index (Phi) is 5.74. The number of carboxylic acid groups (broad SMARTS) is 1. The topological polar surface area (TPSA) is 176 Å². The molecule has 3 rings (SSSR count). The molecule has 0 spiro atoms. The van der Waals surface area contributed by atoms with Gasteiger partial charge in [-0.25, -0.2) is 14.6 Å². The first-order valence-electron chi connectivity index (χ1n) is 8.11. The number of carbonyl (C=O) groups is 4. The van der Waals surface area contributed by atoms with Crippen molar-refractivity contribution in [1.82, 2.24) is 20.5 Å². The van der Waals surface area contributed by atoms with Crippen LogP contribution in [0.5, 0.6) is 0 Å². The summed E-state index contributed by atoms with van der Waals surface area (Å²) in [5.74, 6) is -2.17. The zero-order valence-corrected chi connectivity index (χ0v) is 16.8. The van der Waals surface area contributed by atoms with Crippen molar-refractivity contribution in [2.24, 2.45) is 5.16 Å². The van der Waals surface area contributed by atoms with E-state index in [1.54, 1.807) is 6.92 Å². The Hall–Kier alpha value is -3.13. The van der Waals surface area contributed by atoms with Crippen LogP contribution >= 0.6 is 23.1 Å². The summed E-state index contributed by atoms with van der Waals surface area (Å²) in [4.78, 5) is 57.6. The number of fused-ring (bicyclic) bond motifs is 1. The van der Waals surface area contributed by atoms with Gasteiger partial charge in [0.05, 0.1) is 0 Å². The highest BCUT2D eigenvalue weighted by molar-refractivity contribution is 8.00. The van der Waals surface area contributed by atoms with Crippen molar-refractivity contribution in [2.75, 3.05) is 18.5 Å². The van der Waals surface area contributed by atoms with E-state index in [1.807, 2.05) is 0 Å². The summed E-state index contributed by atoms with van der Waals surface area (Å²) in [5.41, 5.74) is 5.79. The third kappa shape index (κ3) is 3.88. The number of amides is 3. The fourth-order valence-corrected chi connectivity index (χ4v) is 4.56. The van der Waals surface area contributed by atoms with E-state index in [0.29, 0.717) is 11.3 Å². The molecule has 0 aliphatic carbocycles. The number of hydrogen-bond acceptors (Lipinski definition) is 10. The van der Waals surface area contributed by atoms with Gasteiger partial charge in [-0.05, 0) is 12.5 Å². The molecule has 1 unspecified atom stereocenters. The van der Waals surface area contributed by atoms with Crippen LogP contribution in [-0.4, -0.2) is 68.8 Å². The number of β-lactam (4-membered cyclic amide) rings is 1. The normalized spacial score (nSPS) is 21.2. The molecule has 29 heavy (non-hydrogen) atoms. The smallest absolute Gasteiger partial charge is 0.433 e. The number of aromatic nitrogens is 1. The highest BCUT2D eigenvalue weighted by Gasteiger charge is 2.54. The Morgan fingerprint density at radius 3 is 2.76 bits per heavy atom. The van der Waals surface area contributed by atoms with Gasteiger partial charge in [-0.15, -0.1) is 23.1 Å². The summed E-state index contributed by atoms with van der Waals surface area (Å²) >= 11 is 2.38. The predicted octanol–water partition coefficient (Wildman–Crippen LogP) is -0.456. The zero-order valence-electron chi connectivity index (χ0n) is 15.2. The number of hydrogen-bond donors (Lipinski definition) is 4. The number of nitrogens with two attached hydrogens (primary N) is 1. The first-order chi connectivity index (χ1) is 13.7. The molecule has 5 N–H and O–H groups in total. The van der Waals surface area contributed by atoms with Crippen LogP contribution in [0.3, 0.4) is 0 Å². The van der Waals surface area contributed by atoms with Crippen LogP contribution in [0.1, 0.15) is 12.6 Å². The average Bonchev–Trinajstić information content (AvgIpc) is 3.11. The third-order valence-corrected chi connectivity index (χ3v) is 6.15. The summed E-state index contributed by atoms with van der Waals surface area (Å²) < 4.78 is 0. The number of anilines is 1. The first-order valence-corrected chi connectivity index (χ1v) is 10.0. The Bertz CT molecular complexity index is 957. The number of nitrogens with one attached hydrogen (secondary N) is 2. The molecule has 1 aromatic rings. The van der Waals surface area contributed by atoms with Crippen molar-refractivity contribution in [3.05, 3.63) is 22.3 Å². The third-order valence-electron chi connectivity index (χ3n) is 4.05. The SMILES string of the molecule is CNC(=O)ON=C(C(=O)NC1C(=O)N2C(C(=O)O)=C(C)CS[C@@H]12)c1csc(N)n1. The number of thiazole rings is 1. The summed E-state index contributed by atoms with van der Waals surface area (Å²) in [6, 6.07) is -0.962. The maximum absolute atomic E-state index is 12.7.